The second-order valence-corrected chi connectivity index (χ2v) is 4.35. The summed E-state index contributed by atoms with van der Waals surface area (Å²) in [6, 6.07) is -3.06. The van der Waals surface area contributed by atoms with E-state index < -0.39 is 61.3 Å². The van der Waals surface area contributed by atoms with Gasteiger partial charge in [0.05, 0.1) is 26.1 Å². The van der Waals surface area contributed by atoms with Crippen molar-refractivity contribution in [2.45, 2.75) is 18.5 Å². The largest absolute Gasteiger partial charge is 0.480 e. The molecule has 23 heavy (non-hydrogen) atoms. The van der Waals surface area contributed by atoms with Crippen LogP contribution in [0, 0.1) is 0 Å². The van der Waals surface area contributed by atoms with Crippen LogP contribution < -0.4 is 27.4 Å². The number of carbonyl (C=O) groups is 5. The molecule has 0 radical (unpaired) electrons. The standard InChI is InChI=1S/C11H19N5O7/c12-2-8(19)14-3-9(20)15-6(4-17)10(21)16-5(11(22)23)1-7(13)18/h5-6,17H,1-4,12H2,(H2,13,18)(H,14,19)(H,15,20)(H,16,21)(H,22,23). The van der Waals surface area contributed by atoms with E-state index in [1.54, 1.807) is 0 Å². The summed E-state index contributed by atoms with van der Waals surface area (Å²) in [6.07, 6.45) is -0.653. The molecule has 12 heteroatoms. The number of aliphatic hydroxyl groups is 1. The Morgan fingerprint density at radius 1 is 1.00 bits per heavy atom. The Morgan fingerprint density at radius 2 is 1.61 bits per heavy atom. The predicted octanol–water partition coefficient (Wildman–Crippen LogP) is -5.02. The average molecular weight is 333 g/mol. The Hall–Kier alpha value is -2.73. The number of rotatable bonds is 10. The van der Waals surface area contributed by atoms with Gasteiger partial charge in [0.1, 0.15) is 12.1 Å². The van der Waals surface area contributed by atoms with Crippen molar-refractivity contribution in [3.8, 4) is 0 Å². The van der Waals surface area contributed by atoms with Crippen molar-refractivity contribution in [1.29, 1.82) is 0 Å². The number of nitrogens with two attached hydrogens (primary N) is 2. The van der Waals surface area contributed by atoms with Crippen LogP contribution in [0.3, 0.4) is 0 Å². The summed E-state index contributed by atoms with van der Waals surface area (Å²) in [4.78, 5) is 55.8. The summed E-state index contributed by atoms with van der Waals surface area (Å²) in [5, 5.41) is 24.1. The van der Waals surface area contributed by atoms with Crippen LogP contribution in [-0.2, 0) is 24.0 Å². The molecular weight excluding hydrogens is 314 g/mol. The summed E-state index contributed by atoms with van der Waals surface area (Å²) < 4.78 is 0. The maximum Gasteiger partial charge on any atom is 0.326 e. The van der Waals surface area contributed by atoms with Gasteiger partial charge >= 0.3 is 5.97 Å². The number of nitrogens with one attached hydrogen (secondary N) is 3. The first kappa shape index (κ1) is 20.3. The van der Waals surface area contributed by atoms with E-state index in [0.717, 1.165) is 0 Å². The normalized spacial score (nSPS) is 12.6. The lowest BCUT2D eigenvalue weighted by Crippen LogP contribution is -2.55. The van der Waals surface area contributed by atoms with E-state index in [1.807, 2.05) is 5.32 Å². The second-order valence-electron chi connectivity index (χ2n) is 4.35. The summed E-state index contributed by atoms with van der Waals surface area (Å²) >= 11 is 0. The van der Waals surface area contributed by atoms with Gasteiger partial charge in [0, 0.05) is 0 Å². The molecule has 0 aromatic rings. The van der Waals surface area contributed by atoms with E-state index in [1.165, 1.54) is 0 Å². The Kier molecular flexibility index (Phi) is 8.88. The summed E-state index contributed by atoms with van der Waals surface area (Å²) in [5.41, 5.74) is 9.87. The Labute approximate surface area is 130 Å². The zero-order valence-corrected chi connectivity index (χ0v) is 12.1. The molecule has 0 aliphatic heterocycles. The van der Waals surface area contributed by atoms with Gasteiger partial charge < -0.3 is 37.6 Å². The number of amides is 4. The smallest absolute Gasteiger partial charge is 0.326 e. The van der Waals surface area contributed by atoms with Crippen molar-refractivity contribution < 1.29 is 34.2 Å². The van der Waals surface area contributed by atoms with Gasteiger partial charge in [0.15, 0.2) is 0 Å². The first-order chi connectivity index (χ1) is 10.7. The van der Waals surface area contributed by atoms with Gasteiger partial charge in [-0.05, 0) is 0 Å². The predicted molar refractivity (Wildman–Crippen MR) is 74.5 cm³/mol. The van der Waals surface area contributed by atoms with Crippen LogP contribution in [0.5, 0.6) is 0 Å². The van der Waals surface area contributed by atoms with Crippen molar-refractivity contribution in [1.82, 2.24) is 16.0 Å². The van der Waals surface area contributed by atoms with Crippen LogP contribution >= 0.6 is 0 Å². The third-order valence-corrected chi connectivity index (χ3v) is 2.49. The van der Waals surface area contributed by atoms with Crippen molar-refractivity contribution in [3.05, 3.63) is 0 Å². The first-order valence-corrected chi connectivity index (χ1v) is 6.39. The van der Waals surface area contributed by atoms with Crippen LogP contribution in [0.15, 0.2) is 0 Å². The van der Waals surface area contributed by atoms with Gasteiger partial charge in [-0.15, -0.1) is 0 Å². The van der Waals surface area contributed by atoms with Gasteiger partial charge in [0.25, 0.3) is 0 Å². The van der Waals surface area contributed by atoms with Gasteiger partial charge in [-0.25, -0.2) is 4.79 Å². The van der Waals surface area contributed by atoms with E-state index in [9.17, 15) is 24.0 Å². The fraction of sp³-hybridized carbons (Fsp3) is 0.545. The van der Waals surface area contributed by atoms with E-state index in [2.05, 4.69) is 10.6 Å². The number of aliphatic hydroxyl groups excluding tert-OH is 1. The minimum absolute atomic E-state index is 0.329. The van der Waals surface area contributed by atoms with E-state index in [4.69, 9.17) is 21.7 Å². The van der Waals surface area contributed by atoms with Crippen LogP contribution in [0.1, 0.15) is 6.42 Å². The van der Waals surface area contributed by atoms with Crippen LogP contribution in [0.2, 0.25) is 0 Å². The Bertz CT molecular complexity index is 481. The number of hydrogen-bond donors (Lipinski definition) is 7. The molecular formula is C11H19N5O7. The second kappa shape index (κ2) is 10.1. The molecule has 2 atom stereocenters. The van der Waals surface area contributed by atoms with Crippen LogP contribution in [0.4, 0.5) is 0 Å². The van der Waals surface area contributed by atoms with Gasteiger partial charge in [-0.2, -0.15) is 0 Å². The molecule has 12 nitrogen and oxygen atoms in total. The zero-order valence-electron chi connectivity index (χ0n) is 12.1. The van der Waals surface area contributed by atoms with Crippen LogP contribution in [0.25, 0.3) is 0 Å². The lowest BCUT2D eigenvalue weighted by molar-refractivity contribution is -0.144. The minimum Gasteiger partial charge on any atom is -0.480 e. The number of carbonyl (C=O) groups excluding carboxylic acids is 4. The molecule has 9 N–H and O–H groups in total. The van der Waals surface area contributed by atoms with Gasteiger partial charge in [0.2, 0.25) is 23.6 Å². The highest BCUT2D eigenvalue weighted by molar-refractivity contribution is 5.93. The summed E-state index contributed by atoms with van der Waals surface area (Å²) in [5.74, 6) is -4.89. The maximum atomic E-state index is 11.8. The third-order valence-electron chi connectivity index (χ3n) is 2.49. The Balaban J connectivity index is 4.60. The highest BCUT2D eigenvalue weighted by Gasteiger charge is 2.27. The lowest BCUT2D eigenvalue weighted by Gasteiger charge is -2.19. The van der Waals surface area contributed by atoms with Crippen molar-refractivity contribution in [2.24, 2.45) is 11.5 Å². The molecule has 0 fully saturated rings. The molecule has 0 aromatic heterocycles. The summed E-state index contributed by atoms with van der Waals surface area (Å²) in [6.45, 7) is -1.64. The molecule has 0 aliphatic rings. The van der Waals surface area contributed by atoms with E-state index >= 15 is 0 Å². The molecule has 2 unspecified atom stereocenters. The molecule has 0 heterocycles. The molecule has 0 spiro atoms. The lowest BCUT2D eigenvalue weighted by atomic mass is 10.1. The van der Waals surface area contributed by atoms with Crippen molar-refractivity contribution in [2.75, 3.05) is 19.7 Å². The number of aliphatic carboxylic acids is 1. The van der Waals surface area contributed by atoms with Gasteiger partial charge in [-0.1, -0.05) is 0 Å². The maximum absolute atomic E-state index is 11.8. The van der Waals surface area contributed by atoms with Crippen LogP contribution in [-0.4, -0.2) is 71.6 Å². The molecule has 0 aromatic carbocycles. The number of primary amides is 1. The topological polar surface area (TPSA) is 214 Å². The molecule has 0 saturated heterocycles. The number of carboxylic acids is 1. The highest BCUT2D eigenvalue weighted by Crippen LogP contribution is 1.94. The molecule has 4 amide bonds. The number of hydrogen-bond acceptors (Lipinski definition) is 7. The first-order valence-electron chi connectivity index (χ1n) is 6.39. The Morgan fingerprint density at radius 3 is 2.04 bits per heavy atom. The minimum atomic E-state index is -1.59. The van der Waals surface area contributed by atoms with E-state index in [0.29, 0.717) is 0 Å². The molecule has 0 bridgehead atoms. The SMILES string of the molecule is NCC(=O)NCC(=O)NC(CO)C(=O)NC(CC(N)=O)C(=O)O. The summed E-state index contributed by atoms with van der Waals surface area (Å²) in [7, 11) is 0. The van der Waals surface area contributed by atoms with Gasteiger partial charge in [-0.3, -0.25) is 19.2 Å². The molecule has 130 valence electrons. The zero-order chi connectivity index (χ0) is 18.0. The molecule has 0 aliphatic carbocycles. The molecule has 0 saturated carbocycles. The highest BCUT2D eigenvalue weighted by atomic mass is 16.4. The monoisotopic (exact) mass is 333 g/mol. The fourth-order valence-electron chi connectivity index (χ4n) is 1.36. The quantitative estimate of drug-likeness (QED) is 0.205. The van der Waals surface area contributed by atoms with Crippen molar-refractivity contribution in [3.63, 3.8) is 0 Å². The number of carboxylic acid groups (broad SMARTS) is 1. The average Bonchev–Trinajstić information content (AvgIpc) is 2.48. The van der Waals surface area contributed by atoms with Crippen molar-refractivity contribution >= 4 is 29.6 Å². The third kappa shape index (κ3) is 8.33. The van der Waals surface area contributed by atoms with E-state index in [-0.39, 0.29) is 6.54 Å². The fourth-order valence-corrected chi connectivity index (χ4v) is 1.36. The molecule has 0 rings (SSSR count).